The molecule has 0 saturated heterocycles. The lowest BCUT2D eigenvalue weighted by Crippen LogP contribution is -1.94. The summed E-state index contributed by atoms with van der Waals surface area (Å²) in [4.78, 5) is 0. The highest BCUT2D eigenvalue weighted by atomic mass is 14.2. The molecule has 0 aromatic heterocycles. The van der Waals surface area contributed by atoms with Gasteiger partial charge in [0.1, 0.15) is 0 Å². The van der Waals surface area contributed by atoms with Gasteiger partial charge in [-0.25, -0.2) is 0 Å². The Labute approximate surface area is 384 Å². The minimum atomic E-state index is 1.20. The molecular weight excluding hydrogens is 793 g/mol. The second-order valence-corrected chi connectivity index (χ2v) is 17.6. The lowest BCUT2D eigenvalue weighted by atomic mass is 9.83. The van der Waals surface area contributed by atoms with E-state index < -0.39 is 0 Å². The summed E-state index contributed by atoms with van der Waals surface area (Å²) in [7, 11) is 0. The summed E-state index contributed by atoms with van der Waals surface area (Å²) in [5.74, 6) is 0. The minimum Gasteiger partial charge on any atom is -0.0616 e. The molecule has 0 spiro atoms. The van der Waals surface area contributed by atoms with Crippen molar-refractivity contribution in [1.29, 1.82) is 0 Å². The van der Waals surface area contributed by atoms with Crippen LogP contribution in [-0.4, -0.2) is 0 Å². The van der Waals surface area contributed by atoms with Gasteiger partial charge in [0.2, 0.25) is 0 Å². The maximum absolute atomic E-state index is 2.43. The molecule has 0 nitrogen and oxygen atoms in total. The Morgan fingerprint density at radius 2 is 0.455 bits per heavy atom. The standard InChI is InChI=1S/C66H42/c1-3-19-47-35-49(33-31-43(47)15-1)51-37-53(59-29-13-21-45-17-5-7-23-57(45)59)41-55(39-51)65-61-25-9-11-27-63(61)66(64-28-12-10-26-62(64)65)56-40-52(50-34-32-44-16-2-4-20-48(44)36-50)38-54(42-56)60-30-14-22-46-18-6-8-24-58(46)60/h1-42H. The number of hydrogen-bond acceptors (Lipinski definition) is 0. The molecule has 0 bridgehead atoms. The van der Waals surface area contributed by atoms with E-state index in [9.17, 15) is 0 Å². The average Bonchev–Trinajstić information content (AvgIpc) is 3.39. The van der Waals surface area contributed by atoms with Gasteiger partial charge < -0.3 is 0 Å². The van der Waals surface area contributed by atoms with Crippen LogP contribution in [0, 0.1) is 0 Å². The molecule has 0 atom stereocenters. The van der Waals surface area contributed by atoms with Gasteiger partial charge in [0, 0.05) is 0 Å². The van der Waals surface area contributed by atoms with Gasteiger partial charge in [0.25, 0.3) is 0 Å². The lowest BCUT2D eigenvalue weighted by molar-refractivity contribution is 1.60. The lowest BCUT2D eigenvalue weighted by Gasteiger charge is -2.20. The number of fused-ring (bicyclic) bond motifs is 6. The first-order chi connectivity index (χ1) is 32.7. The molecule has 0 N–H and O–H groups in total. The van der Waals surface area contributed by atoms with Crippen molar-refractivity contribution in [2.24, 2.45) is 0 Å². The molecule has 0 aliphatic rings. The first-order valence-corrected chi connectivity index (χ1v) is 22.9. The summed E-state index contributed by atoms with van der Waals surface area (Å²) < 4.78 is 0. The Bertz CT molecular complexity index is 3720. The highest BCUT2D eigenvalue weighted by Gasteiger charge is 2.20. The van der Waals surface area contributed by atoms with Crippen LogP contribution in [-0.2, 0) is 0 Å². The largest absolute Gasteiger partial charge is 0.0616 e. The summed E-state index contributed by atoms with van der Waals surface area (Å²) in [5.41, 5.74) is 14.5. The van der Waals surface area contributed by atoms with Crippen molar-refractivity contribution >= 4 is 64.6 Å². The first-order valence-electron chi connectivity index (χ1n) is 22.9. The van der Waals surface area contributed by atoms with E-state index in [4.69, 9.17) is 0 Å². The molecule has 0 unspecified atom stereocenters. The van der Waals surface area contributed by atoms with Crippen LogP contribution in [0.5, 0.6) is 0 Å². The van der Waals surface area contributed by atoms with Gasteiger partial charge in [-0.3, -0.25) is 0 Å². The monoisotopic (exact) mass is 834 g/mol. The molecule has 13 aromatic carbocycles. The van der Waals surface area contributed by atoms with Gasteiger partial charge in [0.05, 0.1) is 0 Å². The Morgan fingerprint density at radius 3 is 0.864 bits per heavy atom. The van der Waals surface area contributed by atoms with Crippen LogP contribution in [0.2, 0.25) is 0 Å². The molecule has 13 rings (SSSR count). The quantitative estimate of drug-likeness (QED) is 0.146. The summed E-state index contributed by atoms with van der Waals surface area (Å²) in [5, 5.41) is 14.9. The Hall–Kier alpha value is -8.58. The molecule has 0 amide bonds. The van der Waals surface area contributed by atoms with E-state index in [1.165, 1.54) is 131 Å². The predicted octanol–water partition coefficient (Wildman–Crippen LogP) is 18.6. The van der Waals surface area contributed by atoms with Gasteiger partial charge in [-0.2, -0.15) is 0 Å². The Morgan fingerprint density at radius 1 is 0.152 bits per heavy atom. The SMILES string of the molecule is c1ccc2cc(-c3cc(-c4cccc5ccccc45)cc(-c4c5ccccc5c(-c5cc(-c6ccc7ccccc7c6)cc(-c6cccc7ccccc67)c5)c5ccccc45)c3)ccc2c1. The Balaban J connectivity index is 1.09. The molecule has 306 valence electrons. The van der Waals surface area contributed by atoms with Crippen LogP contribution in [0.25, 0.3) is 131 Å². The van der Waals surface area contributed by atoms with Crippen molar-refractivity contribution in [3.8, 4) is 66.8 Å². The third-order valence-electron chi connectivity index (χ3n) is 13.7. The Kier molecular flexibility index (Phi) is 8.96. The van der Waals surface area contributed by atoms with Crippen LogP contribution in [0.3, 0.4) is 0 Å². The fourth-order valence-electron chi connectivity index (χ4n) is 10.6. The number of rotatable bonds is 6. The van der Waals surface area contributed by atoms with Gasteiger partial charge in [-0.05, 0) is 180 Å². The fraction of sp³-hybridized carbons (Fsp3) is 0. The van der Waals surface area contributed by atoms with Crippen molar-refractivity contribution in [3.05, 3.63) is 255 Å². The van der Waals surface area contributed by atoms with E-state index in [0.717, 1.165) is 0 Å². The third kappa shape index (κ3) is 6.46. The zero-order valence-corrected chi connectivity index (χ0v) is 36.2. The van der Waals surface area contributed by atoms with Crippen LogP contribution in [0.1, 0.15) is 0 Å². The van der Waals surface area contributed by atoms with Crippen molar-refractivity contribution < 1.29 is 0 Å². The second kappa shape index (κ2) is 15.6. The summed E-state index contributed by atoms with van der Waals surface area (Å²) in [6.45, 7) is 0. The van der Waals surface area contributed by atoms with E-state index in [1.807, 2.05) is 0 Å². The second-order valence-electron chi connectivity index (χ2n) is 17.6. The molecule has 0 heterocycles. The molecule has 0 heteroatoms. The van der Waals surface area contributed by atoms with Crippen LogP contribution in [0.15, 0.2) is 255 Å². The predicted molar refractivity (Wildman–Crippen MR) is 284 cm³/mol. The van der Waals surface area contributed by atoms with E-state index in [2.05, 4.69) is 255 Å². The normalized spacial score (nSPS) is 11.6. The molecule has 0 aliphatic carbocycles. The van der Waals surface area contributed by atoms with Crippen LogP contribution >= 0.6 is 0 Å². The van der Waals surface area contributed by atoms with Gasteiger partial charge in [-0.15, -0.1) is 0 Å². The summed E-state index contributed by atoms with van der Waals surface area (Å²) >= 11 is 0. The van der Waals surface area contributed by atoms with E-state index in [-0.39, 0.29) is 0 Å². The van der Waals surface area contributed by atoms with E-state index in [1.54, 1.807) is 0 Å². The highest BCUT2D eigenvalue weighted by molar-refractivity contribution is 6.22. The highest BCUT2D eigenvalue weighted by Crippen LogP contribution is 2.47. The zero-order valence-electron chi connectivity index (χ0n) is 36.2. The van der Waals surface area contributed by atoms with Crippen molar-refractivity contribution in [1.82, 2.24) is 0 Å². The fourth-order valence-corrected chi connectivity index (χ4v) is 10.6. The minimum absolute atomic E-state index is 1.20. The number of hydrogen-bond donors (Lipinski definition) is 0. The maximum atomic E-state index is 2.43. The van der Waals surface area contributed by atoms with E-state index in [0.29, 0.717) is 0 Å². The van der Waals surface area contributed by atoms with Crippen molar-refractivity contribution in [2.45, 2.75) is 0 Å². The van der Waals surface area contributed by atoms with Crippen molar-refractivity contribution in [3.63, 3.8) is 0 Å². The molecule has 0 saturated carbocycles. The van der Waals surface area contributed by atoms with Gasteiger partial charge in [0.15, 0.2) is 0 Å². The van der Waals surface area contributed by atoms with Crippen molar-refractivity contribution in [2.75, 3.05) is 0 Å². The molecular formula is C66H42. The first kappa shape index (κ1) is 37.9. The van der Waals surface area contributed by atoms with Crippen LogP contribution < -0.4 is 0 Å². The van der Waals surface area contributed by atoms with Gasteiger partial charge in [-0.1, -0.05) is 206 Å². The summed E-state index contributed by atoms with van der Waals surface area (Å²) in [6.07, 6.45) is 0. The number of benzene rings is 13. The molecule has 0 fully saturated rings. The topological polar surface area (TPSA) is 0 Å². The smallest absolute Gasteiger partial charge is 0.00259 e. The molecule has 66 heavy (non-hydrogen) atoms. The molecule has 0 aliphatic heterocycles. The maximum Gasteiger partial charge on any atom is -0.00259 e. The molecule has 0 radical (unpaired) electrons. The van der Waals surface area contributed by atoms with Gasteiger partial charge >= 0.3 is 0 Å². The third-order valence-corrected chi connectivity index (χ3v) is 13.7. The zero-order chi connectivity index (χ0) is 43.6. The van der Waals surface area contributed by atoms with Crippen LogP contribution in [0.4, 0.5) is 0 Å². The average molecular weight is 835 g/mol. The molecule has 13 aromatic rings. The summed E-state index contributed by atoms with van der Waals surface area (Å²) in [6, 6.07) is 94.6. The van der Waals surface area contributed by atoms with E-state index >= 15 is 0 Å².